The van der Waals surface area contributed by atoms with Gasteiger partial charge in [0.05, 0.1) is 11.1 Å². The van der Waals surface area contributed by atoms with Gasteiger partial charge in [0.25, 0.3) is 5.91 Å². The van der Waals surface area contributed by atoms with Crippen molar-refractivity contribution in [1.82, 2.24) is 4.98 Å². The number of hydrogen-bond donors (Lipinski definition) is 0. The molecule has 0 saturated heterocycles. The molecule has 0 atom stereocenters. The number of nitrogens with zero attached hydrogens (tertiary/aromatic N) is 2. The van der Waals surface area contributed by atoms with E-state index >= 15 is 0 Å². The van der Waals surface area contributed by atoms with Crippen LogP contribution in [-0.2, 0) is 0 Å². The highest BCUT2D eigenvalue weighted by Crippen LogP contribution is 2.20. The lowest BCUT2D eigenvalue weighted by Gasteiger charge is -2.18. The molecular formula is C17H14N2O. The molecule has 0 bridgehead atoms. The van der Waals surface area contributed by atoms with Gasteiger partial charge in [0.2, 0.25) is 0 Å². The zero-order chi connectivity index (χ0) is 13.9. The largest absolute Gasteiger partial charge is 0.311 e. The van der Waals surface area contributed by atoms with Crippen LogP contribution in [0.25, 0.3) is 10.9 Å². The van der Waals surface area contributed by atoms with Gasteiger partial charge < -0.3 is 4.90 Å². The Bertz CT molecular complexity index is 748. The molecule has 0 aliphatic heterocycles. The van der Waals surface area contributed by atoms with Gasteiger partial charge in [-0.25, -0.2) is 0 Å². The Morgan fingerprint density at radius 2 is 1.70 bits per heavy atom. The zero-order valence-corrected chi connectivity index (χ0v) is 11.2. The summed E-state index contributed by atoms with van der Waals surface area (Å²) in [6.45, 7) is 0. The zero-order valence-electron chi connectivity index (χ0n) is 11.2. The van der Waals surface area contributed by atoms with Crippen molar-refractivity contribution < 1.29 is 4.79 Å². The lowest BCUT2D eigenvalue weighted by Crippen LogP contribution is -2.26. The SMILES string of the molecule is CN(C(=O)c1cccc2cccnc12)c1ccccc1. The van der Waals surface area contributed by atoms with Gasteiger partial charge in [-0.2, -0.15) is 0 Å². The van der Waals surface area contributed by atoms with Crippen molar-refractivity contribution in [2.75, 3.05) is 11.9 Å². The summed E-state index contributed by atoms with van der Waals surface area (Å²) >= 11 is 0. The van der Waals surface area contributed by atoms with Crippen molar-refractivity contribution in [3.63, 3.8) is 0 Å². The Balaban J connectivity index is 2.05. The van der Waals surface area contributed by atoms with E-state index in [-0.39, 0.29) is 5.91 Å². The van der Waals surface area contributed by atoms with Gasteiger partial charge in [0.15, 0.2) is 0 Å². The maximum atomic E-state index is 12.6. The smallest absolute Gasteiger partial charge is 0.260 e. The van der Waals surface area contributed by atoms with E-state index in [2.05, 4.69) is 4.98 Å². The Morgan fingerprint density at radius 1 is 0.950 bits per heavy atom. The first-order valence-electron chi connectivity index (χ1n) is 6.44. The van der Waals surface area contributed by atoms with Crippen LogP contribution in [0.1, 0.15) is 10.4 Å². The molecule has 1 aromatic heterocycles. The number of carbonyl (C=O) groups excluding carboxylic acids is 1. The van der Waals surface area contributed by atoms with E-state index in [1.165, 1.54) is 0 Å². The fourth-order valence-corrected chi connectivity index (χ4v) is 2.23. The maximum absolute atomic E-state index is 12.6. The second-order valence-corrected chi connectivity index (χ2v) is 4.58. The van der Waals surface area contributed by atoms with Crippen molar-refractivity contribution >= 4 is 22.5 Å². The van der Waals surface area contributed by atoms with Crippen LogP contribution in [0.3, 0.4) is 0 Å². The summed E-state index contributed by atoms with van der Waals surface area (Å²) in [7, 11) is 1.78. The highest BCUT2D eigenvalue weighted by molar-refractivity contribution is 6.12. The van der Waals surface area contributed by atoms with Gasteiger partial charge >= 0.3 is 0 Å². The first-order chi connectivity index (χ1) is 9.77. The predicted octanol–water partition coefficient (Wildman–Crippen LogP) is 3.51. The number of amides is 1. The number of pyridine rings is 1. The molecule has 0 aliphatic rings. The molecular weight excluding hydrogens is 248 g/mol. The minimum atomic E-state index is -0.0551. The van der Waals surface area contributed by atoms with Crippen LogP contribution in [0, 0.1) is 0 Å². The molecule has 0 N–H and O–H groups in total. The van der Waals surface area contributed by atoms with Gasteiger partial charge in [-0.05, 0) is 24.3 Å². The van der Waals surface area contributed by atoms with Crippen LogP contribution in [0.4, 0.5) is 5.69 Å². The van der Waals surface area contributed by atoms with E-state index in [1.54, 1.807) is 18.1 Å². The second-order valence-electron chi connectivity index (χ2n) is 4.58. The van der Waals surface area contributed by atoms with Crippen molar-refractivity contribution in [2.45, 2.75) is 0 Å². The highest BCUT2D eigenvalue weighted by Gasteiger charge is 2.16. The summed E-state index contributed by atoms with van der Waals surface area (Å²) in [5.74, 6) is -0.0551. The van der Waals surface area contributed by atoms with E-state index in [4.69, 9.17) is 0 Å². The third-order valence-corrected chi connectivity index (χ3v) is 3.31. The van der Waals surface area contributed by atoms with Gasteiger partial charge in [-0.1, -0.05) is 36.4 Å². The van der Waals surface area contributed by atoms with Crippen molar-refractivity contribution in [3.05, 3.63) is 72.4 Å². The maximum Gasteiger partial charge on any atom is 0.260 e. The molecule has 0 radical (unpaired) electrons. The van der Waals surface area contributed by atoms with Crippen molar-refractivity contribution in [3.8, 4) is 0 Å². The summed E-state index contributed by atoms with van der Waals surface area (Å²) in [4.78, 5) is 18.6. The summed E-state index contributed by atoms with van der Waals surface area (Å²) in [5.41, 5.74) is 2.22. The van der Waals surface area contributed by atoms with Crippen LogP contribution >= 0.6 is 0 Å². The number of hydrogen-bond acceptors (Lipinski definition) is 2. The minimum Gasteiger partial charge on any atom is -0.311 e. The molecule has 3 nitrogen and oxygen atoms in total. The second kappa shape index (κ2) is 5.13. The molecule has 3 heteroatoms. The molecule has 3 aromatic rings. The Hall–Kier alpha value is -2.68. The first-order valence-corrected chi connectivity index (χ1v) is 6.44. The standard InChI is InChI=1S/C17H14N2O/c1-19(14-9-3-2-4-10-14)17(20)15-11-5-7-13-8-6-12-18-16(13)15/h2-12H,1H3. The lowest BCUT2D eigenvalue weighted by molar-refractivity contribution is 0.0994. The summed E-state index contributed by atoms with van der Waals surface area (Å²) in [6, 6.07) is 19.1. The van der Waals surface area contributed by atoms with Gasteiger partial charge in [0.1, 0.15) is 0 Å². The Labute approximate surface area is 117 Å². The molecule has 0 spiro atoms. The third kappa shape index (κ3) is 2.14. The molecule has 0 unspecified atom stereocenters. The summed E-state index contributed by atoms with van der Waals surface area (Å²) in [6.07, 6.45) is 1.71. The number of aromatic nitrogens is 1. The highest BCUT2D eigenvalue weighted by atomic mass is 16.2. The Morgan fingerprint density at radius 3 is 2.50 bits per heavy atom. The molecule has 2 aromatic carbocycles. The summed E-state index contributed by atoms with van der Waals surface area (Å²) < 4.78 is 0. The minimum absolute atomic E-state index is 0.0551. The molecule has 98 valence electrons. The van der Waals surface area contributed by atoms with Gasteiger partial charge in [-0.15, -0.1) is 0 Å². The van der Waals surface area contributed by atoms with Crippen molar-refractivity contribution in [1.29, 1.82) is 0 Å². The number of anilines is 1. The fraction of sp³-hybridized carbons (Fsp3) is 0.0588. The van der Waals surface area contributed by atoms with E-state index in [0.717, 1.165) is 16.6 Å². The molecule has 1 heterocycles. The third-order valence-electron chi connectivity index (χ3n) is 3.31. The predicted molar refractivity (Wildman–Crippen MR) is 80.9 cm³/mol. The topological polar surface area (TPSA) is 33.2 Å². The average Bonchev–Trinajstić information content (AvgIpc) is 2.54. The van der Waals surface area contributed by atoms with Crippen LogP contribution in [0.5, 0.6) is 0 Å². The van der Waals surface area contributed by atoms with E-state index in [0.29, 0.717) is 5.56 Å². The Kier molecular flexibility index (Phi) is 3.17. The van der Waals surface area contributed by atoms with Gasteiger partial charge in [0, 0.05) is 24.3 Å². The van der Waals surface area contributed by atoms with Crippen molar-refractivity contribution in [2.24, 2.45) is 0 Å². The summed E-state index contributed by atoms with van der Waals surface area (Å²) in [5, 5.41) is 0.972. The molecule has 20 heavy (non-hydrogen) atoms. The number of rotatable bonds is 2. The van der Waals surface area contributed by atoms with E-state index in [9.17, 15) is 4.79 Å². The fourth-order valence-electron chi connectivity index (χ4n) is 2.23. The number of benzene rings is 2. The quantitative estimate of drug-likeness (QED) is 0.708. The van der Waals surface area contributed by atoms with E-state index < -0.39 is 0 Å². The molecule has 0 saturated carbocycles. The molecule has 3 rings (SSSR count). The lowest BCUT2D eigenvalue weighted by atomic mass is 10.1. The van der Waals surface area contributed by atoms with Gasteiger partial charge in [-0.3, -0.25) is 9.78 Å². The first kappa shape index (κ1) is 12.4. The van der Waals surface area contributed by atoms with Crippen LogP contribution in [-0.4, -0.2) is 17.9 Å². The number of carbonyl (C=O) groups is 1. The normalized spacial score (nSPS) is 10.4. The van der Waals surface area contributed by atoms with Crippen LogP contribution < -0.4 is 4.90 Å². The molecule has 1 amide bonds. The number of para-hydroxylation sites is 2. The average molecular weight is 262 g/mol. The molecule has 0 fully saturated rings. The van der Waals surface area contributed by atoms with E-state index in [1.807, 2.05) is 60.7 Å². The number of fused-ring (bicyclic) bond motifs is 1. The monoisotopic (exact) mass is 262 g/mol. The van der Waals surface area contributed by atoms with Crippen LogP contribution in [0.15, 0.2) is 66.9 Å². The molecule has 0 aliphatic carbocycles. The van der Waals surface area contributed by atoms with Crippen LogP contribution in [0.2, 0.25) is 0 Å².